The number of esters is 2. The second-order valence-electron chi connectivity index (χ2n) is 4.37. The normalized spacial score (nSPS) is 13.8. The number of rotatable bonds is 8. The van der Waals surface area contributed by atoms with Gasteiger partial charge >= 0.3 is 11.9 Å². The zero-order chi connectivity index (χ0) is 18.3. The Morgan fingerprint density at radius 2 is 1.58 bits per heavy atom. The molecular weight excluding hydrogens is 408 g/mol. The van der Waals surface area contributed by atoms with Gasteiger partial charge in [0, 0.05) is 4.47 Å². The summed E-state index contributed by atoms with van der Waals surface area (Å²) in [7, 11) is -4.42. The number of halogens is 1. The highest BCUT2D eigenvalue weighted by Crippen LogP contribution is 2.19. The van der Waals surface area contributed by atoms with Crippen LogP contribution in [0, 0.1) is 0 Å². The SMILES string of the molecule is CCOC(=O)C(O)C(OS(=O)(=O)c1ccc(Br)cc1)C(=O)OCC. The van der Waals surface area contributed by atoms with E-state index < -0.39 is 34.3 Å². The molecule has 0 aliphatic rings. The van der Waals surface area contributed by atoms with Crippen LogP contribution in [0.1, 0.15) is 13.8 Å². The molecule has 24 heavy (non-hydrogen) atoms. The summed E-state index contributed by atoms with van der Waals surface area (Å²) in [6.07, 6.45) is -4.22. The van der Waals surface area contributed by atoms with Gasteiger partial charge in [0.15, 0.2) is 6.10 Å². The Hall–Kier alpha value is -1.49. The van der Waals surface area contributed by atoms with E-state index in [0.717, 1.165) is 0 Å². The summed E-state index contributed by atoms with van der Waals surface area (Å²) < 4.78 is 39.1. The summed E-state index contributed by atoms with van der Waals surface area (Å²) in [5.74, 6) is -2.39. The largest absolute Gasteiger partial charge is 0.464 e. The molecule has 0 amide bonds. The van der Waals surface area contributed by atoms with Crippen molar-refractivity contribution in [3.05, 3.63) is 28.7 Å². The lowest BCUT2D eigenvalue weighted by molar-refractivity contribution is -0.170. The second kappa shape index (κ2) is 9.11. The number of benzene rings is 1. The molecule has 0 aliphatic carbocycles. The lowest BCUT2D eigenvalue weighted by Crippen LogP contribution is -2.44. The van der Waals surface area contributed by atoms with Crippen LogP contribution >= 0.6 is 15.9 Å². The van der Waals surface area contributed by atoms with E-state index in [2.05, 4.69) is 25.4 Å². The Kier molecular flexibility index (Phi) is 7.80. The standard InChI is InChI=1S/C14H17BrO8S/c1-3-21-13(17)11(16)12(14(18)22-4-2)23-24(19,20)10-7-5-9(15)6-8-10/h5-8,11-12,16H,3-4H2,1-2H3. The first-order valence-electron chi connectivity index (χ1n) is 6.93. The zero-order valence-corrected chi connectivity index (χ0v) is 15.4. The highest BCUT2D eigenvalue weighted by Gasteiger charge is 2.39. The maximum atomic E-state index is 12.2. The van der Waals surface area contributed by atoms with E-state index >= 15 is 0 Å². The van der Waals surface area contributed by atoms with Crippen molar-refractivity contribution in [2.45, 2.75) is 31.0 Å². The minimum atomic E-state index is -4.42. The number of hydrogen-bond donors (Lipinski definition) is 1. The first-order chi connectivity index (χ1) is 11.2. The van der Waals surface area contributed by atoms with Crippen LogP contribution in [0.15, 0.2) is 33.6 Å². The lowest BCUT2D eigenvalue weighted by atomic mass is 10.2. The minimum Gasteiger partial charge on any atom is -0.464 e. The molecule has 0 fully saturated rings. The molecule has 0 spiro atoms. The van der Waals surface area contributed by atoms with E-state index in [4.69, 9.17) is 4.18 Å². The van der Waals surface area contributed by atoms with Gasteiger partial charge in [-0.1, -0.05) is 15.9 Å². The number of carbonyl (C=O) groups is 2. The molecule has 1 aromatic rings. The summed E-state index contributed by atoms with van der Waals surface area (Å²) >= 11 is 3.16. The summed E-state index contributed by atoms with van der Waals surface area (Å²) in [4.78, 5) is 23.2. The average Bonchev–Trinajstić information content (AvgIpc) is 2.53. The van der Waals surface area contributed by atoms with Crippen molar-refractivity contribution in [3.63, 3.8) is 0 Å². The number of carbonyl (C=O) groups excluding carboxylic acids is 2. The van der Waals surface area contributed by atoms with Gasteiger partial charge in [-0.15, -0.1) is 0 Å². The van der Waals surface area contributed by atoms with E-state index in [1.807, 2.05) is 0 Å². The fourth-order valence-electron chi connectivity index (χ4n) is 1.59. The first-order valence-corrected chi connectivity index (χ1v) is 9.13. The van der Waals surface area contributed by atoms with Crippen molar-refractivity contribution in [2.24, 2.45) is 0 Å². The van der Waals surface area contributed by atoms with Crippen LogP contribution in [0.5, 0.6) is 0 Å². The number of aliphatic hydroxyl groups is 1. The van der Waals surface area contributed by atoms with Gasteiger partial charge in [0.25, 0.3) is 10.1 Å². The monoisotopic (exact) mass is 424 g/mol. The van der Waals surface area contributed by atoms with Gasteiger partial charge in [0.2, 0.25) is 6.10 Å². The molecule has 0 saturated carbocycles. The van der Waals surface area contributed by atoms with Crippen LogP contribution in [-0.2, 0) is 33.4 Å². The Bertz CT molecular complexity index is 671. The molecule has 0 aliphatic heterocycles. The van der Waals surface area contributed by atoms with Gasteiger partial charge in [-0.2, -0.15) is 8.42 Å². The molecule has 0 saturated heterocycles. The smallest absolute Gasteiger partial charge is 0.340 e. The molecule has 134 valence electrons. The first kappa shape index (κ1) is 20.6. The van der Waals surface area contributed by atoms with Crippen molar-refractivity contribution in [3.8, 4) is 0 Å². The fraction of sp³-hybridized carbons (Fsp3) is 0.429. The van der Waals surface area contributed by atoms with Crippen molar-refractivity contribution >= 4 is 38.0 Å². The van der Waals surface area contributed by atoms with Gasteiger partial charge in [-0.05, 0) is 38.1 Å². The topological polar surface area (TPSA) is 116 Å². The Morgan fingerprint density at radius 1 is 1.08 bits per heavy atom. The van der Waals surface area contributed by atoms with Crippen molar-refractivity contribution in [1.82, 2.24) is 0 Å². The minimum absolute atomic E-state index is 0.0646. The number of ether oxygens (including phenoxy) is 2. The molecule has 1 N–H and O–H groups in total. The van der Waals surface area contributed by atoms with E-state index in [9.17, 15) is 23.1 Å². The third-order valence-electron chi connectivity index (χ3n) is 2.67. The van der Waals surface area contributed by atoms with Crippen LogP contribution in [0.2, 0.25) is 0 Å². The maximum Gasteiger partial charge on any atom is 0.340 e. The quantitative estimate of drug-likeness (QED) is 0.485. The molecule has 1 aromatic carbocycles. The molecule has 10 heteroatoms. The molecule has 0 aromatic heterocycles. The van der Waals surface area contributed by atoms with E-state index in [1.165, 1.54) is 38.1 Å². The Labute approximate surface area is 148 Å². The van der Waals surface area contributed by atoms with Gasteiger partial charge in [0.1, 0.15) is 0 Å². The third-order valence-corrected chi connectivity index (χ3v) is 4.51. The predicted molar refractivity (Wildman–Crippen MR) is 85.5 cm³/mol. The molecule has 0 radical (unpaired) electrons. The number of hydrogen-bond acceptors (Lipinski definition) is 8. The molecule has 8 nitrogen and oxygen atoms in total. The van der Waals surface area contributed by atoms with Crippen molar-refractivity contribution in [2.75, 3.05) is 13.2 Å². The van der Waals surface area contributed by atoms with Gasteiger partial charge in [-0.25, -0.2) is 13.8 Å². The van der Waals surface area contributed by atoms with Crippen molar-refractivity contribution < 1.29 is 36.8 Å². The van der Waals surface area contributed by atoms with Crippen molar-refractivity contribution in [1.29, 1.82) is 0 Å². The van der Waals surface area contributed by atoms with E-state index in [1.54, 1.807) is 0 Å². The molecule has 0 heterocycles. The van der Waals surface area contributed by atoms with Crippen LogP contribution < -0.4 is 0 Å². The summed E-state index contributed by atoms with van der Waals surface area (Å²) in [6, 6.07) is 5.38. The second-order valence-corrected chi connectivity index (χ2v) is 6.86. The van der Waals surface area contributed by atoms with Crippen LogP contribution in [-0.4, -0.2) is 50.9 Å². The van der Waals surface area contributed by atoms with Crippen LogP contribution in [0.3, 0.4) is 0 Å². The number of aliphatic hydroxyl groups excluding tert-OH is 1. The van der Waals surface area contributed by atoms with E-state index in [0.29, 0.717) is 4.47 Å². The zero-order valence-electron chi connectivity index (χ0n) is 13.0. The van der Waals surface area contributed by atoms with E-state index in [-0.39, 0.29) is 18.1 Å². The molecular formula is C14H17BrO8S. The lowest BCUT2D eigenvalue weighted by Gasteiger charge is -2.20. The summed E-state index contributed by atoms with van der Waals surface area (Å²) in [5.41, 5.74) is 0. The molecule has 1 rings (SSSR count). The maximum absolute atomic E-state index is 12.2. The Balaban J connectivity index is 3.08. The predicted octanol–water partition coefficient (Wildman–Crippen LogP) is 1.01. The third kappa shape index (κ3) is 5.55. The van der Waals surface area contributed by atoms with Gasteiger partial charge < -0.3 is 14.6 Å². The highest BCUT2D eigenvalue weighted by molar-refractivity contribution is 9.10. The van der Waals surface area contributed by atoms with Gasteiger partial charge in [0.05, 0.1) is 18.1 Å². The fourth-order valence-corrected chi connectivity index (χ4v) is 2.89. The van der Waals surface area contributed by atoms with Gasteiger partial charge in [-0.3, -0.25) is 0 Å². The molecule has 2 unspecified atom stereocenters. The molecule has 0 bridgehead atoms. The van der Waals surface area contributed by atoms with Crippen LogP contribution in [0.4, 0.5) is 0 Å². The molecule has 2 atom stereocenters. The summed E-state index contributed by atoms with van der Waals surface area (Å²) in [6.45, 7) is 2.82. The average molecular weight is 425 g/mol. The highest BCUT2D eigenvalue weighted by atomic mass is 79.9. The summed E-state index contributed by atoms with van der Waals surface area (Å²) in [5, 5.41) is 9.89. The van der Waals surface area contributed by atoms with Crippen LogP contribution in [0.25, 0.3) is 0 Å². The Morgan fingerprint density at radius 3 is 2.08 bits per heavy atom.